The number of sulfone groups is 1. The fourth-order valence-electron chi connectivity index (χ4n) is 1.66. The van der Waals surface area contributed by atoms with Crippen LogP contribution in [0.2, 0.25) is 0 Å². The number of benzene rings is 1. The molecular formula is C11H14BrNO4S. The van der Waals surface area contributed by atoms with Gasteiger partial charge in [0.15, 0.2) is 9.84 Å². The van der Waals surface area contributed by atoms with Gasteiger partial charge in [0, 0.05) is 11.0 Å². The molecule has 3 N–H and O–H groups in total. The molecule has 0 spiro atoms. The highest BCUT2D eigenvalue weighted by Gasteiger charge is 2.35. The van der Waals surface area contributed by atoms with E-state index in [2.05, 4.69) is 15.9 Å². The molecule has 1 aromatic carbocycles. The third-order valence-electron chi connectivity index (χ3n) is 2.92. The maximum absolute atomic E-state index is 12.2. The van der Waals surface area contributed by atoms with Crippen LogP contribution in [-0.2, 0) is 14.6 Å². The van der Waals surface area contributed by atoms with Crippen LogP contribution in [0.15, 0.2) is 27.6 Å². The Morgan fingerprint density at radius 2 is 2.17 bits per heavy atom. The monoisotopic (exact) mass is 335 g/mol. The summed E-state index contributed by atoms with van der Waals surface area (Å²) < 4.78 is 29.7. The topological polar surface area (TPSA) is 89.6 Å². The molecule has 0 saturated carbocycles. The van der Waals surface area contributed by atoms with Crippen molar-refractivity contribution in [3.63, 3.8) is 0 Å². The third-order valence-corrected chi connectivity index (χ3v) is 5.95. The summed E-state index contributed by atoms with van der Waals surface area (Å²) >= 11 is 3.23. The summed E-state index contributed by atoms with van der Waals surface area (Å²) in [6.07, 6.45) is -0.787. The van der Waals surface area contributed by atoms with Crippen molar-refractivity contribution in [1.29, 1.82) is 0 Å². The summed E-state index contributed by atoms with van der Waals surface area (Å²) in [6.45, 7) is 0.568. The zero-order valence-electron chi connectivity index (χ0n) is 9.54. The molecule has 0 bridgehead atoms. The van der Waals surface area contributed by atoms with Crippen LogP contribution in [0.4, 0.5) is 0 Å². The highest BCUT2D eigenvalue weighted by molar-refractivity contribution is 9.10. The molecule has 1 saturated heterocycles. The largest absolute Gasteiger partial charge is 0.387 e. The van der Waals surface area contributed by atoms with E-state index >= 15 is 0 Å². The van der Waals surface area contributed by atoms with E-state index in [9.17, 15) is 13.5 Å². The lowest BCUT2D eigenvalue weighted by Crippen LogP contribution is -2.40. The first-order valence-electron chi connectivity index (χ1n) is 5.46. The summed E-state index contributed by atoms with van der Waals surface area (Å²) in [7, 11) is -3.37. The van der Waals surface area contributed by atoms with Crippen LogP contribution in [0.5, 0.6) is 0 Å². The molecule has 100 valence electrons. The van der Waals surface area contributed by atoms with Crippen molar-refractivity contribution in [2.75, 3.05) is 19.8 Å². The predicted molar refractivity (Wildman–Crippen MR) is 69.9 cm³/mol. The third kappa shape index (κ3) is 2.46. The van der Waals surface area contributed by atoms with Gasteiger partial charge >= 0.3 is 0 Å². The molecule has 1 heterocycles. The van der Waals surface area contributed by atoms with Gasteiger partial charge in [-0.05, 0) is 33.6 Å². The number of rotatable bonds is 4. The Morgan fingerprint density at radius 3 is 2.61 bits per heavy atom. The molecule has 5 nitrogen and oxygen atoms in total. The van der Waals surface area contributed by atoms with Crippen molar-refractivity contribution in [2.45, 2.75) is 16.2 Å². The Morgan fingerprint density at radius 1 is 1.50 bits per heavy atom. The van der Waals surface area contributed by atoms with Gasteiger partial charge in [-0.3, -0.25) is 0 Å². The van der Waals surface area contributed by atoms with Crippen LogP contribution in [0.3, 0.4) is 0 Å². The van der Waals surface area contributed by atoms with Crippen LogP contribution in [0, 0.1) is 0 Å². The van der Waals surface area contributed by atoms with E-state index in [0.717, 1.165) is 0 Å². The van der Waals surface area contributed by atoms with Crippen molar-refractivity contribution in [3.05, 3.63) is 28.2 Å². The molecule has 1 aliphatic heterocycles. The maximum atomic E-state index is 12.2. The van der Waals surface area contributed by atoms with E-state index in [1.54, 1.807) is 12.1 Å². The Bertz CT molecular complexity index is 542. The molecule has 1 aromatic rings. The standard InChI is InChI=1S/C11H14BrNO4S/c12-9-3-7(10(14)4-13)1-2-11(9)18(15,16)8-5-17-6-8/h1-3,8,10,14H,4-6,13H2. The minimum absolute atomic E-state index is 0.0923. The molecule has 0 aliphatic carbocycles. The smallest absolute Gasteiger partial charge is 0.186 e. The summed E-state index contributed by atoms with van der Waals surface area (Å²) in [6, 6.07) is 4.66. The highest BCUT2D eigenvalue weighted by Crippen LogP contribution is 2.30. The second-order valence-electron chi connectivity index (χ2n) is 4.15. The fourth-order valence-corrected chi connectivity index (χ4v) is 4.24. The Balaban J connectivity index is 2.35. The molecule has 1 atom stereocenters. The van der Waals surface area contributed by atoms with Gasteiger partial charge in [0.05, 0.1) is 24.2 Å². The second kappa shape index (κ2) is 5.26. The van der Waals surface area contributed by atoms with E-state index in [1.807, 2.05) is 0 Å². The predicted octanol–water partition coefficient (Wildman–Crippen LogP) is 0.614. The Kier molecular flexibility index (Phi) is 4.08. The molecule has 18 heavy (non-hydrogen) atoms. The van der Waals surface area contributed by atoms with Gasteiger partial charge in [-0.1, -0.05) is 6.07 Å². The van der Waals surface area contributed by atoms with E-state index in [1.165, 1.54) is 6.07 Å². The maximum Gasteiger partial charge on any atom is 0.186 e. The van der Waals surface area contributed by atoms with E-state index < -0.39 is 21.2 Å². The normalized spacial score (nSPS) is 18.4. The zero-order valence-corrected chi connectivity index (χ0v) is 11.9. The summed E-state index contributed by atoms with van der Waals surface area (Å²) in [5.74, 6) is 0. The van der Waals surface area contributed by atoms with Gasteiger partial charge in [0.2, 0.25) is 0 Å². The summed E-state index contributed by atoms with van der Waals surface area (Å²) in [4.78, 5) is 0.226. The second-order valence-corrected chi connectivity index (χ2v) is 7.20. The number of ether oxygens (including phenoxy) is 1. The first-order valence-corrected chi connectivity index (χ1v) is 7.80. The van der Waals surface area contributed by atoms with Crippen molar-refractivity contribution < 1.29 is 18.3 Å². The van der Waals surface area contributed by atoms with Crippen LogP contribution >= 0.6 is 15.9 Å². The summed E-state index contributed by atoms with van der Waals surface area (Å²) in [5, 5.41) is 9.13. The molecule has 1 fully saturated rings. The molecular weight excluding hydrogens is 322 g/mol. The average molecular weight is 336 g/mol. The minimum Gasteiger partial charge on any atom is -0.387 e. The zero-order chi connectivity index (χ0) is 13.3. The number of halogens is 1. The lowest BCUT2D eigenvalue weighted by molar-refractivity contribution is 0.0416. The quantitative estimate of drug-likeness (QED) is 0.841. The van der Waals surface area contributed by atoms with Crippen molar-refractivity contribution in [3.8, 4) is 0 Å². The van der Waals surface area contributed by atoms with Crippen LogP contribution in [0.1, 0.15) is 11.7 Å². The molecule has 0 aromatic heterocycles. The SMILES string of the molecule is NCC(O)c1ccc(S(=O)(=O)C2COC2)c(Br)c1. The number of nitrogens with two attached hydrogens (primary N) is 1. The molecule has 2 rings (SSSR count). The van der Waals surface area contributed by atoms with Gasteiger partial charge in [0.25, 0.3) is 0 Å². The molecule has 0 radical (unpaired) electrons. The minimum atomic E-state index is -3.37. The number of aliphatic hydroxyl groups is 1. The number of hydrogen-bond acceptors (Lipinski definition) is 5. The van der Waals surface area contributed by atoms with Gasteiger partial charge in [0.1, 0.15) is 5.25 Å². The van der Waals surface area contributed by atoms with Crippen LogP contribution < -0.4 is 5.73 Å². The van der Waals surface area contributed by atoms with Gasteiger partial charge in [-0.25, -0.2) is 8.42 Å². The lowest BCUT2D eigenvalue weighted by Gasteiger charge is -2.26. The van der Waals surface area contributed by atoms with Gasteiger partial charge < -0.3 is 15.6 Å². The molecule has 1 aliphatic rings. The van der Waals surface area contributed by atoms with Crippen molar-refractivity contribution >= 4 is 25.8 Å². The first-order chi connectivity index (χ1) is 8.46. The van der Waals surface area contributed by atoms with Gasteiger partial charge in [-0.15, -0.1) is 0 Å². The summed E-state index contributed by atoms with van der Waals surface area (Å²) in [5.41, 5.74) is 5.95. The fraction of sp³-hybridized carbons (Fsp3) is 0.455. The molecule has 1 unspecified atom stereocenters. The molecule has 0 amide bonds. The van der Waals surface area contributed by atoms with Crippen molar-refractivity contribution in [1.82, 2.24) is 0 Å². The first kappa shape index (κ1) is 14.0. The van der Waals surface area contributed by atoms with Crippen LogP contribution in [0.25, 0.3) is 0 Å². The molecule has 7 heteroatoms. The van der Waals surface area contributed by atoms with Gasteiger partial charge in [-0.2, -0.15) is 0 Å². The highest BCUT2D eigenvalue weighted by atomic mass is 79.9. The Labute approximate surface area is 114 Å². The van der Waals surface area contributed by atoms with Crippen LogP contribution in [-0.4, -0.2) is 38.5 Å². The number of hydrogen-bond donors (Lipinski definition) is 2. The van der Waals surface area contributed by atoms with E-state index in [4.69, 9.17) is 10.5 Å². The average Bonchev–Trinajstić information content (AvgIpc) is 2.24. The van der Waals surface area contributed by atoms with E-state index in [-0.39, 0.29) is 24.7 Å². The van der Waals surface area contributed by atoms with Crippen molar-refractivity contribution in [2.24, 2.45) is 5.73 Å². The lowest BCUT2D eigenvalue weighted by atomic mass is 10.1. The number of aliphatic hydroxyl groups excluding tert-OH is 1. The van der Waals surface area contributed by atoms with E-state index in [0.29, 0.717) is 10.0 Å². The Hall–Kier alpha value is -0.470.